The van der Waals surface area contributed by atoms with Crippen molar-refractivity contribution in [3.8, 4) is 0 Å². The number of hydrogen-bond acceptors (Lipinski definition) is 3. The minimum Gasteiger partial charge on any atom is -0.369 e. The molecule has 140 valence electrons. The van der Waals surface area contributed by atoms with Crippen molar-refractivity contribution in [1.29, 1.82) is 0 Å². The van der Waals surface area contributed by atoms with Gasteiger partial charge >= 0.3 is 0 Å². The van der Waals surface area contributed by atoms with E-state index in [4.69, 9.17) is 11.6 Å². The number of piperazine rings is 1. The Hall–Kier alpha value is -1.06. The third kappa shape index (κ3) is 3.07. The molecule has 0 unspecified atom stereocenters. The Morgan fingerprint density at radius 3 is 2.19 bits per heavy atom. The Balaban J connectivity index is 1.20. The normalized spacial score (nSPS) is 36.5. The molecule has 4 bridgehead atoms. The molecule has 1 saturated heterocycles. The number of carbonyl (C=O) groups excluding carboxylic acids is 1. The van der Waals surface area contributed by atoms with E-state index in [0.29, 0.717) is 12.3 Å². The average Bonchev–Trinajstić information content (AvgIpc) is 2.61. The van der Waals surface area contributed by atoms with Gasteiger partial charge in [0.15, 0.2) is 5.78 Å². The van der Waals surface area contributed by atoms with Gasteiger partial charge in [0.1, 0.15) is 0 Å². The molecular weight excluding hydrogens is 344 g/mol. The number of rotatable bonds is 4. The molecule has 1 heterocycles. The van der Waals surface area contributed by atoms with Gasteiger partial charge in [0, 0.05) is 42.3 Å². The van der Waals surface area contributed by atoms with Crippen molar-refractivity contribution in [2.45, 2.75) is 38.5 Å². The second-order valence-electron chi connectivity index (χ2n) is 9.36. The molecule has 0 aromatic heterocycles. The molecule has 4 heteroatoms. The summed E-state index contributed by atoms with van der Waals surface area (Å²) in [4.78, 5) is 18.1. The van der Waals surface area contributed by atoms with Crippen LogP contribution in [0.5, 0.6) is 0 Å². The van der Waals surface area contributed by atoms with Crippen LogP contribution in [0.4, 0.5) is 5.69 Å². The van der Waals surface area contributed by atoms with Crippen molar-refractivity contribution < 1.29 is 4.79 Å². The molecule has 26 heavy (non-hydrogen) atoms. The minimum absolute atomic E-state index is 0.0544. The van der Waals surface area contributed by atoms with Crippen molar-refractivity contribution >= 4 is 23.1 Å². The predicted molar refractivity (Wildman–Crippen MR) is 106 cm³/mol. The Labute approximate surface area is 161 Å². The predicted octanol–water partition coefficient (Wildman–Crippen LogP) is 4.25. The number of hydrogen-bond donors (Lipinski definition) is 0. The molecule has 5 aliphatic rings. The van der Waals surface area contributed by atoms with Gasteiger partial charge < -0.3 is 4.90 Å². The van der Waals surface area contributed by atoms with E-state index in [1.165, 1.54) is 44.2 Å². The molecule has 0 radical (unpaired) electrons. The van der Waals surface area contributed by atoms with Gasteiger partial charge in [-0.2, -0.15) is 0 Å². The van der Waals surface area contributed by atoms with Gasteiger partial charge in [-0.15, -0.1) is 0 Å². The first-order chi connectivity index (χ1) is 12.6. The maximum atomic E-state index is 13.3. The summed E-state index contributed by atoms with van der Waals surface area (Å²) in [7, 11) is 0. The van der Waals surface area contributed by atoms with Gasteiger partial charge in [0.2, 0.25) is 0 Å². The summed E-state index contributed by atoms with van der Waals surface area (Å²) in [6, 6.07) is 8.10. The highest BCUT2D eigenvalue weighted by Crippen LogP contribution is 2.60. The average molecular weight is 373 g/mol. The fraction of sp³-hybridized carbons (Fsp3) is 0.682. The molecule has 1 aromatic rings. The lowest BCUT2D eigenvalue weighted by Crippen LogP contribution is -2.54. The van der Waals surface area contributed by atoms with E-state index in [0.717, 1.165) is 49.0 Å². The fourth-order valence-corrected chi connectivity index (χ4v) is 6.84. The summed E-state index contributed by atoms with van der Waals surface area (Å²) in [5.74, 6) is 3.12. The van der Waals surface area contributed by atoms with Gasteiger partial charge in [0.05, 0.1) is 6.54 Å². The highest BCUT2D eigenvalue weighted by atomic mass is 35.5. The molecule has 0 N–H and O–H groups in total. The van der Waals surface area contributed by atoms with Crippen LogP contribution in [0.1, 0.15) is 38.5 Å². The SMILES string of the molecule is O=C(CN1CCN(c2cccc(Cl)c2)CC1)C12CC3CC(CC(C3)C1)C2. The molecule has 0 spiro atoms. The minimum atomic E-state index is 0.0544. The van der Waals surface area contributed by atoms with Crippen LogP contribution >= 0.6 is 11.6 Å². The second kappa shape index (κ2) is 6.53. The van der Waals surface area contributed by atoms with Gasteiger partial charge in [0.25, 0.3) is 0 Å². The van der Waals surface area contributed by atoms with Crippen LogP contribution in [-0.4, -0.2) is 43.4 Å². The van der Waals surface area contributed by atoms with E-state index in [-0.39, 0.29) is 5.41 Å². The molecule has 5 fully saturated rings. The van der Waals surface area contributed by atoms with E-state index >= 15 is 0 Å². The van der Waals surface area contributed by atoms with E-state index in [9.17, 15) is 4.79 Å². The van der Waals surface area contributed by atoms with E-state index < -0.39 is 0 Å². The summed E-state index contributed by atoms with van der Waals surface area (Å²) in [5.41, 5.74) is 1.25. The summed E-state index contributed by atoms with van der Waals surface area (Å²) in [5, 5.41) is 0.793. The van der Waals surface area contributed by atoms with Crippen molar-refractivity contribution in [3.05, 3.63) is 29.3 Å². The molecule has 0 atom stereocenters. The monoisotopic (exact) mass is 372 g/mol. The second-order valence-corrected chi connectivity index (χ2v) is 9.80. The third-order valence-corrected chi connectivity index (χ3v) is 7.78. The zero-order chi connectivity index (χ0) is 17.7. The van der Waals surface area contributed by atoms with Crippen molar-refractivity contribution in [3.63, 3.8) is 0 Å². The first-order valence-electron chi connectivity index (χ1n) is 10.4. The van der Waals surface area contributed by atoms with Crippen LogP contribution in [0.15, 0.2) is 24.3 Å². The molecule has 1 aromatic carbocycles. The number of halogens is 1. The number of Topliss-reactive ketones (excluding diaryl/α,β-unsaturated/α-hetero) is 1. The van der Waals surface area contributed by atoms with Gasteiger partial charge in [-0.25, -0.2) is 0 Å². The largest absolute Gasteiger partial charge is 0.369 e. The Morgan fingerprint density at radius 2 is 1.62 bits per heavy atom. The molecule has 3 nitrogen and oxygen atoms in total. The molecule has 6 rings (SSSR count). The molecule has 0 amide bonds. The Bertz CT molecular complexity index is 660. The van der Waals surface area contributed by atoms with E-state index in [1.807, 2.05) is 18.2 Å². The smallest absolute Gasteiger partial charge is 0.152 e. The van der Waals surface area contributed by atoms with Crippen LogP contribution < -0.4 is 4.90 Å². The van der Waals surface area contributed by atoms with Gasteiger partial charge in [-0.1, -0.05) is 17.7 Å². The zero-order valence-electron chi connectivity index (χ0n) is 15.5. The first-order valence-corrected chi connectivity index (χ1v) is 10.7. The Morgan fingerprint density at radius 1 is 1.00 bits per heavy atom. The van der Waals surface area contributed by atoms with Crippen LogP contribution in [0, 0.1) is 23.2 Å². The Kier molecular flexibility index (Phi) is 4.28. The van der Waals surface area contributed by atoms with E-state index in [1.54, 1.807) is 0 Å². The standard InChI is InChI=1S/C22H29ClN2O/c23-19-2-1-3-20(11-19)25-6-4-24(5-7-25)15-21(26)22-12-16-8-17(13-22)10-18(9-16)14-22/h1-3,11,16-18H,4-10,12-15H2. The zero-order valence-corrected chi connectivity index (χ0v) is 16.3. The number of nitrogens with zero attached hydrogens (tertiary/aromatic N) is 2. The lowest BCUT2D eigenvalue weighted by Gasteiger charge is -2.56. The van der Waals surface area contributed by atoms with Crippen LogP contribution in [-0.2, 0) is 4.79 Å². The lowest BCUT2D eigenvalue weighted by atomic mass is 9.48. The summed E-state index contributed by atoms with van der Waals surface area (Å²) < 4.78 is 0. The summed E-state index contributed by atoms with van der Waals surface area (Å²) >= 11 is 6.13. The van der Waals surface area contributed by atoms with Crippen molar-refractivity contribution in [2.24, 2.45) is 23.2 Å². The van der Waals surface area contributed by atoms with Crippen molar-refractivity contribution in [1.82, 2.24) is 4.90 Å². The van der Waals surface area contributed by atoms with E-state index in [2.05, 4.69) is 15.9 Å². The maximum absolute atomic E-state index is 13.3. The molecule has 4 saturated carbocycles. The number of anilines is 1. The molecule has 1 aliphatic heterocycles. The number of ketones is 1. The fourth-order valence-electron chi connectivity index (χ4n) is 6.66. The van der Waals surface area contributed by atoms with Crippen LogP contribution in [0.25, 0.3) is 0 Å². The number of benzene rings is 1. The highest BCUT2D eigenvalue weighted by Gasteiger charge is 2.54. The molecule has 4 aliphatic carbocycles. The highest BCUT2D eigenvalue weighted by molar-refractivity contribution is 6.30. The van der Waals surface area contributed by atoms with Crippen molar-refractivity contribution in [2.75, 3.05) is 37.6 Å². The van der Waals surface area contributed by atoms with Crippen LogP contribution in [0.3, 0.4) is 0 Å². The first kappa shape index (κ1) is 17.1. The lowest BCUT2D eigenvalue weighted by molar-refractivity contribution is -0.145. The summed E-state index contributed by atoms with van der Waals surface area (Å²) in [6.07, 6.45) is 7.81. The topological polar surface area (TPSA) is 23.6 Å². The maximum Gasteiger partial charge on any atom is 0.152 e. The van der Waals surface area contributed by atoms with Gasteiger partial charge in [-0.3, -0.25) is 9.69 Å². The third-order valence-electron chi connectivity index (χ3n) is 7.54. The quantitative estimate of drug-likeness (QED) is 0.789. The summed E-state index contributed by atoms with van der Waals surface area (Å²) in [6.45, 7) is 4.59. The molecular formula is C22H29ClN2O. The van der Waals surface area contributed by atoms with Gasteiger partial charge in [-0.05, 0) is 74.5 Å². The number of carbonyl (C=O) groups is 1. The van der Waals surface area contributed by atoms with Crippen LogP contribution in [0.2, 0.25) is 5.02 Å².